The number of nitrogens with zero attached hydrogens (tertiary/aromatic N) is 4. The maximum atomic E-state index is 14.5. The van der Waals surface area contributed by atoms with Crippen LogP contribution in [-0.2, 0) is 14.4 Å². The largest absolute Gasteiger partial charge is 0.383 e. The van der Waals surface area contributed by atoms with Crippen molar-refractivity contribution in [3.8, 4) is 6.07 Å². The molecule has 3 amide bonds. The van der Waals surface area contributed by atoms with Gasteiger partial charge in [0.25, 0.3) is 11.8 Å². The number of carbonyl (C=O) groups is 3. The number of alkyl halides is 2. The molecule has 5 rings (SSSR count). The van der Waals surface area contributed by atoms with Crippen LogP contribution in [0.5, 0.6) is 0 Å². The summed E-state index contributed by atoms with van der Waals surface area (Å²) in [7, 11) is 0. The smallest absolute Gasteiger partial charge is 0.252 e. The first-order valence-corrected chi connectivity index (χ1v) is 13.7. The number of amides is 3. The Hall–Kier alpha value is -4.08. The van der Waals surface area contributed by atoms with Gasteiger partial charge < -0.3 is 10.6 Å². The van der Waals surface area contributed by atoms with Gasteiger partial charge in [0.1, 0.15) is 23.7 Å². The summed E-state index contributed by atoms with van der Waals surface area (Å²) in [6.45, 7) is -0.0918. The summed E-state index contributed by atoms with van der Waals surface area (Å²) in [6, 6.07) is 5.52. The molecule has 9 nitrogen and oxygen atoms in total. The van der Waals surface area contributed by atoms with E-state index in [0.717, 1.165) is 22.1 Å². The Balaban J connectivity index is 1.61. The van der Waals surface area contributed by atoms with E-state index in [-0.39, 0.29) is 52.1 Å². The van der Waals surface area contributed by atoms with E-state index < -0.39 is 60.4 Å². The highest BCUT2D eigenvalue weighted by molar-refractivity contribution is 6.42. The Bertz CT molecular complexity index is 1550. The lowest BCUT2D eigenvalue weighted by atomic mass is 9.87. The number of aromatic nitrogens is 1. The van der Waals surface area contributed by atoms with Crippen LogP contribution < -0.4 is 15.5 Å². The van der Waals surface area contributed by atoms with Crippen LogP contribution >= 0.6 is 23.2 Å². The Kier molecular flexibility index (Phi) is 8.17. The van der Waals surface area contributed by atoms with Crippen LogP contribution in [0, 0.1) is 11.3 Å². The van der Waals surface area contributed by atoms with Gasteiger partial charge in [-0.3, -0.25) is 24.2 Å². The first kappa shape index (κ1) is 29.4. The van der Waals surface area contributed by atoms with E-state index in [1.807, 2.05) is 6.07 Å². The Morgan fingerprint density at radius 2 is 2.02 bits per heavy atom. The van der Waals surface area contributed by atoms with Gasteiger partial charge in [0.15, 0.2) is 0 Å². The molecule has 1 aromatic heterocycles. The van der Waals surface area contributed by atoms with Crippen molar-refractivity contribution in [1.29, 1.82) is 5.26 Å². The molecule has 2 fully saturated rings. The summed E-state index contributed by atoms with van der Waals surface area (Å²) in [5.74, 6) is -5.69. The average Bonchev–Trinajstić information content (AvgIpc) is 3.33. The molecule has 3 aliphatic rings. The minimum Gasteiger partial charge on any atom is -0.383 e. The first-order chi connectivity index (χ1) is 20.0. The minimum absolute atomic E-state index is 0.0214. The monoisotopic (exact) mass is 618 g/mol. The molecular weight excluding hydrogens is 596 g/mol. The molecular formula is C28H23Cl2F3N6O3. The molecule has 0 bridgehead atoms. The molecule has 2 atom stereocenters. The highest BCUT2D eigenvalue weighted by atomic mass is 35.5. The highest BCUT2D eigenvalue weighted by Gasteiger charge is 2.49. The molecule has 2 aliphatic heterocycles. The fraction of sp³-hybridized carbons (Fsp3) is 0.321. The lowest BCUT2D eigenvalue weighted by Crippen LogP contribution is -2.56. The lowest BCUT2D eigenvalue weighted by Gasteiger charge is -2.40. The van der Waals surface area contributed by atoms with Crippen molar-refractivity contribution in [2.75, 3.05) is 11.4 Å². The first-order valence-electron chi connectivity index (χ1n) is 12.9. The van der Waals surface area contributed by atoms with Gasteiger partial charge in [0, 0.05) is 49.0 Å². The second-order valence-electron chi connectivity index (χ2n) is 10.1. The van der Waals surface area contributed by atoms with Crippen LogP contribution in [0.2, 0.25) is 10.0 Å². The van der Waals surface area contributed by atoms with Crippen LogP contribution in [0.15, 0.2) is 60.3 Å². The number of nitrogens with one attached hydrogen (secondary N) is 2. The highest BCUT2D eigenvalue weighted by Crippen LogP contribution is 2.40. The van der Waals surface area contributed by atoms with Crippen LogP contribution in [-0.4, -0.2) is 52.2 Å². The third kappa shape index (κ3) is 5.80. The number of anilines is 1. The second kappa shape index (κ2) is 11.7. The average molecular weight is 619 g/mol. The zero-order valence-corrected chi connectivity index (χ0v) is 23.3. The van der Waals surface area contributed by atoms with Crippen molar-refractivity contribution in [3.63, 3.8) is 0 Å². The Labute approximate surface area is 248 Å². The number of rotatable bonds is 7. The number of allylic oxidation sites excluding steroid dienone is 2. The van der Waals surface area contributed by atoms with Gasteiger partial charge in [0.2, 0.25) is 11.8 Å². The summed E-state index contributed by atoms with van der Waals surface area (Å²) in [5.41, 5.74) is 0.292. The number of pyridine rings is 1. The molecule has 2 N–H and O–H groups in total. The minimum atomic E-state index is -2.93. The SMILES string of the molecule is N#Cc1ccnc(N2C(=O)CC[C@H]2C(=O)N(C2=CC(F)=CNC2)C(C(=O)NC2CC(F)(F)C2)c2cccc(Cl)c2Cl)c1. The van der Waals surface area contributed by atoms with Gasteiger partial charge in [0.05, 0.1) is 28.2 Å². The van der Waals surface area contributed by atoms with E-state index in [9.17, 15) is 32.8 Å². The maximum absolute atomic E-state index is 14.5. The standard InChI is InChI=1S/C28H23Cl2F3N6O3/c29-20-3-1-2-19(24(20)30)25(26(41)37-17-10-28(32,33)11-17)38(18-9-16(31)13-35-14-18)27(42)21-4-5-23(40)39(21)22-8-15(12-34)6-7-36-22/h1-3,6-9,13,17,21,25,35H,4-5,10-11,14H2,(H,37,41)/t21-,25?/m0/s1. The number of halogens is 5. The van der Waals surface area contributed by atoms with Gasteiger partial charge in [-0.2, -0.15) is 5.26 Å². The lowest BCUT2D eigenvalue weighted by molar-refractivity contribution is -0.143. The molecule has 2 aromatic rings. The Morgan fingerprint density at radius 3 is 2.71 bits per heavy atom. The number of hydrogen-bond acceptors (Lipinski definition) is 6. The number of carbonyl (C=O) groups excluding carboxylic acids is 3. The zero-order valence-electron chi connectivity index (χ0n) is 21.8. The molecule has 1 unspecified atom stereocenters. The molecule has 0 radical (unpaired) electrons. The number of benzene rings is 1. The van der Waals surface area contributed by atoms with Crippen LogP contribution in [0.1, 0.15) is 42.9 Å². The molecule has 1 saturated heterocycles. The van der Waals surface area contributed by atoms with E-state index in [1.54, 1.807) is 0 Å². The second-order valence-corrected chi connectivity index (χ2v) is 10.9. The van der Waals surface area contributed by atoms with E-state index >= 15 is 0 Å². The molecule has 218 valence electrons. The van der Waals surface area contributed by atoms with Gasteiger partial charge in [-0.15, -0.1) is 0 Å². The molecule has 1 aliphatic carbocycles. The molecule has 1 aromatic carbocycles. The topological polar surface area (TPSA) is 118 Å². The van der Waals surface area contributed by atoms with Crippen molar-refractivity contribution in [2.45, 2.75) is 49.7 Å². The third-order valence-corrected chi connectivity index (χ3v) is 8.05. The molecule has 0 spiro atoms. The van der Waals surface area contributed by atoms with Gasteiger partial charge in [-0.1, -0.05) is 35.3 Å². The summed E-state index contributed by atoms with van der Waals surface area (Å²) >= 11 is 12.8. The van der Waals surface area contributed by atoms with Crippen LogP contribution in [0.4, 0.5) is 19.0 Å². The summed E-state index contributed by atoms with van der Waals surface area (Å²) in [6.07, 6.45) is 2.26. The van der Waals surface area contributed by atoms with Gasteiger partial charge in [-0.25, -0.2) is 18.2 Å². The van der Waals surface area contributed by atoms with E-state index in [0.29, 0.717) is 0 Å². The summed E-state index contributed by atoms with van der Waals surface area (Å²) in [4.78, 5) is 47.7. The fourth-order valence-corrected chi connectivity index (χ4v) is 5.66. The maximum Gasteiger partial charge on any atom is 0.252 e. The van der Waals surface area contributed by atoms with Gasteiger partial charge in [-0.05, 0) is 30.7 Å². The predicted molar refractivity (Wildman–Crippen MR) is 147 cm³/mol. The van der Waals surface area contributed by atoms with Crippen molar-refractivity contribution in [2.24, 2.45) is 0 Å². The van der Waals surface area contributed by atoms with Crippen molar-refractivity contribution in [3.05, 3.63) is 81.5 Å². The normalized spacial score (nSPS) is 20.4. The van der Waals surface area contributed by atoms with Gasteiger partial charge >= 0.3 is 0 Å². The fourth-order valence-electron chi connectivity index (χ4n) is 5.25. The molecule has 14 heteroatoms. The van der Waals surface area contributed by atoms with Crippen molar-refractivity contribution in [1.82, 2.24) is 20.5 Å². The number of hydrogen-bond donors (Lipinski definition) is 2. The van der Waals surface area contributed by atoms with E-state index in [1.165, 1.54) is 36.5 Å². The number of dihydropyridines is 1. The van der Waals surface area contributed by atoms with Crippen molar-refractivity contribution >= 4 is 46.7 Å². The third-order valence-electron chi connectivity index (χ3n) is 7.21. The number of nitriles is 1. The van der Waals surface area contributed by atoms with E-state index in [4.69, 9.17) is 23.2 Å². The molecule has 1 saturated carbocycles. The van der Waals surface area contributed by atoms with Crippen molar-refractivity contribution < 1.29 is 27.6 Å². The van der Waals surface area contributed by atoms with E-state index in [2.05, 4.69) is 15.6 Å². The Morgan fingerprint density at radius 1 is 1.26 bits per heavy atom. The molecule has 42 heavy (non-hydrogen) atoms. The summed E-state index contributed by atoms with van der Waals surface area (Å²) in [5, 5.41) is 14.6. The quantitative estimate of drug-likeness (QED) is 0.470. The van der Waals surface area contributed by atoms with Crippen LogP contribution in [0.25, 0.3) is 0 Å². The zero-order chi connectivity index (χ0) is 30.2. The summed E-state index contributed by atoms with van der Waals surface area (Å²) < 4.78 is 41.8. The molecule has 3 heterocycles. The predicted octanol–water partition coefficient (Wildman–Crippen LogP) is 4.54. The van der Waals surface area contributed by atoms with Crippen LogP contribution in [0.3, 0.4) is 0 Å².